The lowest BCUT2D eigenvalue weighted by atomic mass is 10.1. The Morgan fingerprint density at radius 2 is 1.71 bits per heavy atom. The summed E-state index contributed by atoms with van der Waals surface area (Å²) in [7, 11) is 0. The van der Waals surface area contributed by atoms with Gasteiger partial charge in [-0.15, -0.1) is 0 Å². The molecule has 0 aliphatic carbocycles. The molecule has 1 aromatic heterocycles. The van der Waals surface area contributed by atoms with Crippen molar-refractivity contribution in [3.8, 4) is 5.75 Å². The molecule has 5 nitrogen and oxygen atoms in total. The molecule has 5 heteroatoms. The number of aliphatic hydroxyl groups excluding tert-OH is 2. The fourth-order valence-electron chi connectivity index (χ4n) is 3.37. The number of aromatic amines is 1. The highest BCUT2D eigenvalue weighted by atomic mass is 16.5. The quantitative estimate of drug-likeness (QED) is 0.355. The van der Waals surface area contributed by atoms with Gasteiger partial charge in [0, 0.05) is 35.4 Å². The first kappa shape index (κ1) is 18.5. The third-order valence-electron chi connectivity index (χ3n) is 4.91. The molecule has 1 atom stereocenters. The SMILES string of the molecule is OCc1ccc(C(O)CNCCOc2ccc3c(c2)[nH]c2ccccc23)cc1. The minimum atomic E-state index is -0.588. The summed E-state index contributed by atoms with van der Waals surface area (Å²) in [5.41, 5.74) is 3.85. The number of H-pyrrole nitrogens is 1. The van der Waals surface area contributed by atoms with Gasteiger partial charge in [-0.2, -0.15) is 0 Å². The first-order chi connectivity index (χ1) is 13.7. The number of benzene rings is 3. The van der Waals surface area contributed by atoms with Gasteiger partial charge < -0.3 is 25.3 Å². The normalized spacial score (nSPS) is 12.5. The van der Waals surface area contributed by atoms with Crippen molar-refractivity contribution in [1.29, 1.82) is 0 Å². The van der Waals surface area contributed by atoms with E-state index in [-0.39, 0.29) is 6.61 Å². The van der Waals surface area contributed by atoms with Crippen LogP contribution >= 0.6 is 0 Å². The van der Waals surface area contributed by atoms with Crippen molar-refractivity contribution in [3.63, 3.8) is 0 Å². The number of para-hydroxylation sites is 1. The highest BCUT2D eigenvalue weighted by molar-refractivity contribution is 6.07. The van der Waals surface area contributed by atoms with Crippen LogP contribution in [0.15, 0.2) is 66.7 Å². The maximum absolute atomic E-state index is 10.2. The highest BCUT2D eigenvalue weighted by Gasteiger charge is 2.07. The van der Waals surface area contributed by atoms with Gasteiger partial charge in [-0.3, -0.25) is 0 Å². The molecule has 0 saturated carbocycles. The minimum absolute atomic E-state index is 0.0102. The van der Waals surface area contributed by atoms with Crippen LogP contribution in [0, 0.1) is 0 Å². The molecule has 0 aliphatic rings. The van der Waals surface area contributed by atoms with Crippen LogP contribution in [0.1, 0.15) is 17.2 Å². The predicted octanol–water partition coefficient (Wildman–Crippen LogP) is 3.52. The second-order valence-corrected chi connectivity index (χ2v) is 6.85. The number of hydrogen-bond acceptors (Lipinski definition) is 4. The van der Waals surface area contributed by atoms with Gasteiger partial charge in [0.2, 0.25) is 0 Å². The summed E-state index contributed by atoms with van der Waals surface area (Å²) in [6.45, 7) is 1.61. The molecule has 0 amide bonds. The summed E-state index contributed by atoms with van der Waals surface area (Å²) in [6.07, 6.45) is -0.588. The molecule has 0 fully saturated rings. The predicted molar refractivity (Wildman–Crippen MR) is 111 cm³/mol. The van der Waals surface area contributed by atoms with E-state index in [9.17, 15) is 5.11 Å². The van der Waals surface area contributed by atoms with Crippen LogP contribution in [0.25, 0.3) is 21.8 Å². The zero-order valence-electron chi connectivity index (χ0n) is 15.6. The fourth-order valence-corrected chi connectivity index (χ4v) is 3.37. The van der Waals surface area contributed by atoms with Crippen molar-refractivity contribution in [3.05, 3.63) is 77.9 Å². The van der Waals surface area contributed by atoms with Crippen molar-refractivity contribution in [1.82, 2.24) is 10.3 Å². The average molecular weight is 376 g/mol. The number of nitrogens with one attached hydrogen (secondary N) is 2. The molecule has 1 heterocycles. The number of aliphatic hydroxyl groups is 2. The van der Waals surface area contributed by atoms with E-state index in [1.807, 2.05) is 48.5 Å². The third-order valence-corrected chi connectivity index (χ3v) is 4.91. The Labute approximate surface area is 163 Å². The Bertz CT molecular complexity index is 1060. The van der Waals surface area contributed by atoms with Gasteiger partial charge in [-0.1, -0.05) is 42.5 Å². The molecule has 1 unspecified atom stereocenters. The van der Waals surface area contributed by atoms with E-state index >= 15 is 0 Å². The summed E-state index contributed by atoms with van der Waals surface area (Å²) in [5, 5.41) is 24.9. The van der Waals surface area contributed by atoms with E-state index in [2.05, 4.69) is 28.5 Å². The van der Waals surface area contributed by atoms with Crippen LogP contribution in [0.3, 0.4) is 0 Å². The van der Waals surface area contributed by atoms with Crippen LogP contribution in [0.4, 0.5) is 0 Å². The molecule has 0 spiro atoms. The molecule has 28 heavy (non-hydrogen) atoms. The van der Waals surface area contributed by atoms with Gasteiger partial charge in [-0.25, -0.2) is 0 Å². The largest absolute Gasteiger partial charge is 0.492 e. The second kappa shape index (κ2) is 8.44. The summed E-state index contributed by atoms with van der Waals surface area (Å²) >= 11 is 0. The van der Waals surface area contributed by atoms with E-state index in [0.717, 1.165) is 27.9 Å². The topological polar surface area (TPSA) is 77.5 Å². The van der Waals surface area contributed by atoms with Crippen LogP contribution in [0.5, 0.6) is 5.75 Å². The van der Waals surface area contributed by atoms with Crippen LogP contribution in [-0.4, -0.2) is 34.9 Å². The Morgan fingerprint density at radius 3 is 2.54 bits per heavy atom. The van der Waals surface area contributed by atoms with Crippen molar-refractivity contribution >= 4 is 21.8 Å². The molecule has 3 aromatic carbocycles. The van der Waals surface area contributed by atoms with Crippen LogP contribution < -0.4 is 10.1 Å². The summed E-state index contributed by atoms with van der Waals surface area (Å²) in [4.78, 5) is 3.42. The molecule has 4 aromatic rings. The Hall–Kier alpha value is -2.86. The molecule has 4 N–H and O–H groups in total. The van der Waals surface area contributed by atoms with Crippen LogP contribution in [0.2, 0.25) is 0 Å². The van der Waals surface area contributed by atoms with Crippen molar-refractivity contribution < 1.29 is 14.9 Å². The third kappa shape index (κ3) is 4.02. The van der Waals surface area contributed by atoms with Gasteiger partial charge in [0.25, 0.3) is 0 Å². The van der Waals surface area contributed by atoms with E-state index < -0.39 is 6.10 Å². The number of ether oxygens (including phenoxy) is 1. The lowest BCUT2D eigenvalue weighted by molar-refractivity contribution is 0.172. The van der Waals surface area contributed by atoms with E-state index in [1.54, 1.807) is 0 Å². The molecule has 4 rings (SSSR count). The molecule has 0 saturated heterocycles. The zero-order chi connectivity index (χ0) is 19.3. The van der Waals surface area contributed by atoms with Crippen molar-refractivity contribution in [2.24, 2.45) is 0 Å². The maximum Gasteiger partial charge on any atom is 0.121 e. The molecule has 0 aliphatic heterocycles. The van der Waals surface area contributed by atoms with E-state index in [4.69, 9.17) is 9.84 Å². The van der Waals surface area contributed by atoms with Crippen LogP contribution in [-0.2, 0) is 6.61 Å². The van der Waals surface area contributed by atoms with Crippen molar-refractivity contribution in [2.75, 3.05) is 19.7 Å². The minimum Gasteiger partial charge on any atom is -0.492 e. The smallest absolute Gasteiger partial charge is 0.121 e. The standard InChI is InChI=1S/C23H24N2O3/c26-15-16-5-7-17(8-6-16)23(27)14-24-11-12-28-18-9-10-20-19-3-1-2-4-21(19)25-22(20)13-18/h1-10,13,23-27H,11-12,14-15H2. The summed E-state index contributed by atoms with van der Waals surface area (Å²) < 4.78 is 5.84. The van der Waals surface area contributed by atoms with Gasteiger partial charge in [0.05, 0.1) is 18.2 Å². The maximum atomic E-state index is 10.2. The number of fused-ring (bicyclic) bond motifs is 3. The molecular weight excluding hydrogens is 352 g/mol. The number of rotatable bonds is 8. The second-order valence-electron chi connectivity index (χ2n) is 6.85. The Balaban J connectivity index is 1.27. The number of aromatic nitrogens is 1. The lowest BCUT2D eigenvalue weighted by Gasteiger charge is -2.13. The Kier molecular flexibility index (Phi) is 5.58. The fraction of sp³-hybridized carbons (Fsp3) is 0.217. The summed E-state index contributed by atoms with van der Waals surface area (Å²) in [5.74, 6) is 0.820. The average Bonchev–Trinajstić information content (AvgIpc) is 3.11. The molecule has 144 valence electrons. The molecule has 0 bridgehead atoms. The van der Waals surface area contributed by atoms with E-state index in [0.29, 0.717) is 19.7 Å². The molecular formula is C23H24N2O3. The number of hydrogen-bond donors (Lipinski definition) is 4. The first-order valence-corrected chi connectivity index (χ1v) is 9.46. The monoisotopic (exact) mass is 376 g/mol. The summed E-state index contributed by atoms with van der Waals surface area (Å²) in [6, 6.07) is 21.7. The van der Waals surface area contributed by atoms with E-state index in [1.165, 1.54) is 10.8 Å². The molecule has 0 radical (unpaired) electrons. The van der Waals surface area contributed by atoms with Crippen molar-refractivity contribution in [2.45, 2.75) is 12.7 Å². The van der Waals surface area contributed by atoms with Gasteiger partial charge >= 0.3 is 0 Å². The first-order valence-electron chi connectivity index (χ1n) is 9.46. The van der Waals surface area contributed by atoms with Gasteiger partial charge in [0.15, 0.2) is 0 Å². The van der Waals surface area contributed by atoms with Gasteiger partial charge in [0.1, 0.15) is 12.4 Å². The van der Waals surface area contributed by atoms with Gasteiger partial charge in [-0.05, 0) is 29.3 Å². The lowest BCUT2D eigenvalue weighted by Crippen LogP contribution is -2.26. The highest BCUT2D eigenvalue weighted by Crippen LogP contribution is 2.28. The Morgan fingerprint density at radius 1 is 0.929 bits per heavy atom. The zero-order valence-corrected chi connectivity index (χ0v) is 15.6.